The minimum atomic E-state index is -0.524. The van der Waals surface area contributed by atoms with Crippen LogP contribution in [-0.4, -0.2) is 34.2 Å². The van der Waals surface area contributed by atoms with Crippen molar-refractivity contribution in [1.29, 1.82) is 0 Å². The number of nitrogens with zero attached hydrogens (tertiary/aromatic N) is 3. The van der Waals surface area contributed by atoms with Crippen LogP contribution in [0.2, 0.25) is 0 Å². The van der Waals surface area contributed by atoms with Crippen molar-refractivity contribution in [2.24, 2.45) is 5.10 Å². The van der Waals surface area contributed by atoms with Crippen LogP contribution in [0.5, 0.6) is 0 Å². The lowest BCUT2D eigenvalue weighted by molar-refractivity contribution is -0.385. The molecule has 0 aliphatic rings. The Bertz CT molecular complexity index is 1120. The lowest BCUT2D eigenvalue weighted by Gasteiger charge is -2.04. The Kier molecular flexibility index (Phi) is 6.53. The van der Waals surface area contributed by atoms with Crippen LogP contribution < -0.4 is 5.43 Å². The van der Waals surface area contributed by atoms with Crippen molar-refractivity contribution in [2.45, 2.75) is 19.9 Å². The van der Waals surface area contributed by atoms with E-state index < -0.39 is 10.8 Å². The summed E-state index contributed by atoms with van der Waals surface area (Å²) in [7, 11) is 0. The average molecular weight is 408 g/mol. The Morgan fingerprint density at radius 3 is 2.70 bits per heavy atom. The first-order chi connectivity index (χ1) is 14.5. The van der Waals surface area contributed by atoms with Crippen LogP contribution in [0.1, 0.15) is 18.1 Å². The number of aromatic nitrogens is 1. The van der Waals surface area contributed by atoms with Crippen molar-refractivity contribution in [3.8, 4) is 0 Å². The summed E-state index contributed by atoms with van der Waals surface area (Å²) in [5, 5.41) is 15.9. The van der Waals surface area contributed by atoms with E-state index in [4.69, 9.17) is 4.74 Å². The summed E-state index contributed by atoms with van der Waals surface area (Å²) in [5.74, 6) is -0.824. The van der Waals surface area contributed by atoms with Gasteiger partial charge in [0.25, 0.3) is 5.69 Å². The van der Waals surface area contributed by atoms with Gasteiger partial charge in [-0.3, -0.25) is 19.7 Å². The van der Waals surface area contributed by atoms with Crippen LogP contribution in [0.25, 0.3) is 10.9 Å². The number of hydrogen-bond acceptors (Lipinski definition) is 6. The smallest absolute Gasteiger partial charge is 0.325 e. The summed E-state index contributed by atoms with van der Waals surface area (Å²) in [6, 6.07) is 13.5. The summed E-state index contributed by atoms with van der Waals surface area (Å²) in [4.78, 5) is 34.5. The van der Waals surface area contributed by atoms with Gasteiger partial charge in [-0.2, -0.15) is 5.10 Å². The molecule has 1 N–H and O–H groups in total. The third-order valence-electron chi connectivity index (χ3n) is 4.36. The normalized spacial score (nSPS) is 11.0. The summed E-state index contributed by atoms with van der Waals surface area (Å²) < 4.78 is 6.76. The highest BCUT2D eigenvalue weighted by molar-refractivity contribution is 6.00. The fraction of sp³-hybridized carbons (Fsp3) is 0.190. The number of ether oxygens (including phenoxy) is 1. The number of carbonyl (C=O) groups is 2. The number of para-hydroxylation sites is 2. The molecule has 0 spiro atoms. The van der Waals surface area contributed by atoms with Crippen LogP contribution >= 0.6 is 0 Å². The highest BCUT2D eigenvalue weighted by atomic mass is 16.6. The number of benzene rings is 2. The van der Waals surface area contributed by atoms with Gasteiger partial charge in [0.2, 0.25) is 5.91 Å². The van der Waals surface area contributed by atoms with Gasteiger partial charge in [-0.15, -0.1) is 0 Å². The summed E-state index contributed by atoms with van der Waals surface area (Å²) in [6.07, 6.45) is 3.06. The molecule has 1 heterocycles. The average Bonchev–Trinajstić information content (AvgIpc) is 3.06. The Balaban J connectivity index is 1.73. The number of carbonyl (C=O) groups excluding carboxylic acids is 2. The van der Waals surface area contributed by atoms with Crippen molar-refractivity contribution in [2.75, 3.05) is 6.61 Å². The van der Waals surface area contributed by atoms with Crippen molar-refractivity contribution in [1.82, 2.24) is 9.99 Å². The molecule has 9 nitrogen and oxygen atoms in total. The van der Waals surface area contributed by atoms with Crippen molar-refractivity contribution < 1.29 is 19.2 Å². The molecule has 9 heteroatoms. The van der Waals surface area contributed by atoms with E-state index >= 15 is 0 Å². The summed E-state index contributed by atoms with van der Waals surface area (Å²) in [5.41, 5.74) is 4.12. The number of esters is 1. The molecule has 3 rings (SSSR count). The molecular formula is C21H20N4O5. The number of nitrogens with one attached hydrogen (secondary N) is 1. The first-order valence-electron chi connectivity index (χ1n) is 9.27. The van der Waals surface area contributed by atoms with E-state index in [2.05, 4.69) is 10.5 Å². The molecule has 1 aromatic heterocycles. The molecule has 154 valence electrons. The van der Waals surface area contributed by atoms with E-state index in [1.54, 1.807) is 29.8 Å². The lowest BCUT2D eigenvalue weighted by Crippen LogP contribution is -2.20. The molecule has 0 saturated heterocycles. The number of hydrogen-bond donors (Lipinski definition) is 1. The first kappa shape index (κ1) is 20.7. The highest BCUT2D eigenvalue weighted by Crippen LogP contribution is 2.20. The molecule has 30 heavy (non-hydrogen) atoms. The van der Waals surface area contributed by atoms with Crippen LogP contribution in [0.15, 0.2) is 59.8 Å². The van der Waals surface area contributed by atoms with Gasteiger partial charge in [-0.25, -0.2) is 5.43 Å². The topological polar surface area (TPSA) is 116 Å². The minimum Gasteiger partial charge on any atom is -0.465 e. The van der Waals surface area contributed by atoms with E-state index in [0.717, 1.165) is 10.9 Å². The molecule has 2 aromatic carbocycles. The number of rotatable bonds is 8. The maximum Gasteiger partial charge on any atom is 0.325 e. The van der Waals surface area contributed by atoms with Crippen LogP contribution in [0, 0.1) is 10.1 Å². The zero-order valence-corrected chi connectivity index (χ0v) is 16.3. The van der Waals surface area contributed by atoms with Crippen molar-refractivity contribution >= 4 is 34.7 Å². The van der Waals surface area contributed by atoms with E-state index in [0.29, 0.717) is 17.7 Å². The van der Waals surface area contributed by atoms with Crippen LogP contribution in [0.3, 0.4) is 0 Å². The maximum atomic E-state index is 12.1. The monoisotopic (exact) mass is 408 g/mol. The van der Waals surface area contributed by atoms with E-state index in [9.17, 15) is 19.7 Å². The lowest BCUT2D eigenvalue weighted by atomic mass is 10.1. The number of hydrazone groups is 1. The van der Waals surface area contributed by atoms with Gasteiger partial charge in [-0.1, -0.05) is 36.4 Å². The van der Waals surface area contributed by atoms with Gasteiger partial charge in [0, 0.05) is 34.3 Å². The maximum absolute atomic E-state index is 12.1. The zero-order valence-electron chi connectivity index (χ0n) is 16.3. The van der Waals surface area contributed by atoms with E-state index in [1.165, 1.54) is 18.3 Å². The van der Waals surface area contributed by atoms with Gasteiger partial charge in [-0.05, 0) is 13.0 Å². The molecule has 0 bridgehead atoms. The van der Waals surface area contributed by atoms with Crippen molar-refractivity contribution in [3.05, 3.63) is 76.0 Å². The van der Waals surface area contributed by atoms with Gasteiger partial charge < -0.3 is 9.30 Å². The summed E-state index contributed by atoms with van der Waals surface area (Å²) >= 11 is 0. The van der Waals surface area contributed by atoms with Crippen LogP contribution in [-0.2, 0) is 27.3 Å². The molecule has 0 aliphatic carbocycles. The fourth-order valence-corrected chi connectivity index (χ4v) is 3.08. The third-order valence-corrected chi connectivity index (χ3v) is 4.36. The number of nitro groups is 1. The predicted molar refractivity (Wildman–Crippen MR) is 111 cm³/mol. The molecule has 0 radical (unpaired) electrons. The standard InChI is InChI=1S/C21H20N4O5/c1-2-30-21(27)14-24-13-16(17-8-4-6-10-19(17)24)12-22-23-20(26)11-15-7-3-5-9-18(15)25(28)29/h3-10,12-13H,2,11,14H2,1H3,(H,23,26). The molecular weight excluding hydrogens is 388 g/mol. The first-order valence-corrected chi connectivity index (χ1v) is 9.27. The SMILES string of the molecule is CCOC(=O)Cn1cc(C=NNC(=O)Cc2ccccc2[N+](=O)[O-])c2ccccc21. The molecule has 1 amide bonds. The third kappa shape index (κ3) is 4.88. The number of fused-ring (bicyclic) bond motifs is 1. The Hall–Kier alpha value is -4.01. The number of amides is 1. The predicted octanol–water partition coefficient (Wildman–Crippen LogP) is 2.81. The van der Waals surface area contributed by atoms with Crippen molar-refractivity contribution in [3.63, 3.8) is 0 Å². The zero-order chi connectivity index (χ0) is 21.5. The molecule has 0 unspecified atom stereocenters. The minimum absolute atomic E-state index is 0.0617. The number of nitro benzene ring substituents is 1. The van der Waals surface area contributed by atoms with Gasteiger partial charge in [0.1, 0.15) is 6.54 Å². The molecule has 0 saturated carbocycles. The molecule has 0 fully saturated rings. The second-order valence-corrected chi connectivity index (χ2v) is 6.39. The van der Waals surface area contributed by atoms with E-state index in [1.807, 2.05) is 24.3 Å². The highest BCUT2D eigenvalue weighted by Gasteiger charge is 2.15. The van der Waals surface area contributed by atoms with Gasteiger partial charge in [0.05, 0.1) is 24.2 Å². The Morgan fingerprint density at radius 1 is 1.20 bits per heavy atom. The molecule has 3 aromatic rings. The fourth-order valence-electron chi connectivity index (χ4n) is 3.08. The van der Waals surface area contributed by atoms with E-state index in [-0.39, 0.29) is 24.6 Å². The Labute approximate surface area is 172 Å². The molecule has 0 atom stereocenters. The molecule has 0 aliphatic heterocycles. The van der Waals surface area contributed by atoms with Crippen LogP contribution in [0.4, 0.5) is 5.69 Å². The largest absolute Gasteiger partial charge is 0.465 e. The Morgan fingerprint density at radius 2 is 1.93 bits per heavy atom. The quantitative estimate of drug-likeness (QED) is 0.266. The second kappa shape index (κ2) is 9.46. The second-order valence-electron chi connectivity index (χ2n) is 6.39. The summed E-state index contributed by atoms with van der Waals surface area (Å²) in [6.45, 7) is 2.11. The van der Waals surface area contributed by atoms with Gasteiger partial charge in [0.15, 0.2) is 0 Å². The van der Waals surface area contributed by atoms with Gasteiger partial charge >= 0.3 is 5.97 Å².